The third kappa shape index (κ3) is 4.63. The van der Waals surface area contributed by atoms with Crippen LogP contribution in [-0.2, 0) is 0 Å². The van der Waals surface area contributed by atoms with Gasteiger partial charge in [0.1, 0.15) is 11.4 Å². The minimum Gasteiger partial charge on any atom is -0.478 e. The summed E-state index contributed by atoms with van der Waals surface area (Å²) in [5.74, 6) is -0.797. The van der Waals surface area contributed by atoms with E-state index in [-0.39, 0.29) is 11.3 Å². The Morgan fingerprint density at radius 2 is 2.16 bits per heavy atom. The lowest BCUT2D eigenvalue weighted by atomic mass is 10.1. The molecule has 1 aromatic rings. The summed E-state index contributed by atoms with van der Waals surface area (Å²) in [6.45, 7) is 0.653. The minimum atomic E-state index is -1.22. The number of anilines is 2. The van der Waals surface area contributed by atoms with Gasteiger partial charge in [-0.25, -0.2) is 9.18 Å². The summed E-state index contributed by atoms with van der Waals surface area (Å²) in [7, 11) is 0. The van der Waals surface area contributed by atoms with Crippen molar-refractivity contribution in [1.82, 2.24) is 0 Å². The van der Waals surface area contributed by atoms with E-state index in [1.54, 1.807) is 0 Å². The van der Waals surface area contributed by atoms with Gasteiger partial charge in [0, 0.05) is 6.54 Å². The van der Waals surface area contributed by atoms with Crippen LogP contribution in [0.5, 0.6) is 0 Å². The monoisotopic (exact) mass is 286 g/mol. The maximum absolute atomic E-state index is 13.2. The van der Waals surface area contributed by atoms with Crippen molar-refractivity contribution in [2.75, 3.05) is 29.6 Å². The molecule has 0 atom stereocenters. The summed E-state index contributed by atoms with van der Waals surface area (Å²) in [5, 5.41) is 12.1. The van der Waals surface area contributed by atoms with Gasteiger partial charge in [0.25, 0.3) is 0 Å². The van der Waals surface area contributed by atoms with Crippen molar-refractivity contribution in [2.24, 2.45) is 0 Å². The molecular formula is C13H19FN2O2S. The molecule has 6 heteroatoms. The van der Waals surface area contributed by atoms with Crippen molar-refractivity contribution < 1.29 is 14.3 Å². The molecule has 0 aliphatic carbocycles. The molecule has 0 saturated heterocycles. The first kappa shape index (κ1) is 15.6. The molecular weight excluding hydrogens is 267 g/mol. The van der Waals surface area contributed by atoms with Crippen molar-refractivity contribution in [1.29, 1.82) is 0 Å². The number of nitrogens with two attached hydrogens (primary N) is 1. The second-order valence-corrected chi connectivity index (χ2v) is 5.15. The molecule has 0 aliphatic rings. The zero-order valence-electron chi connectivity index (χ0n) is 10.9. The largest absolute Gasteiger partial charge is 0.478 e. The molecule has 0 heterocycles. The Morgan fingerprint density at radius 3 is 2.79 bits per heavy atom. The molecule has 1 rings (SSSR count). The predicted octanol–water partition coefficient (Wildman–Crippen LogP) is 3.05. The van der Waals surface area contributed by atoms with Crippen molar-refractivity contribution >= 4 is 29.1 Å². The average molecular weight is 286 g/mol. The van der Waals surface area contributed by atoms with Gasteiger partial charge in [-0.2, -0.15) is 11.8 Å². The molecule has 4 nitrogen and oxygen atoms in total. The Kier molecular flexibility index (Phi) is 6.49. The summed E-state index contributed by atoms with van der Waals surface area (Å²) in [4.78, 5) is 11.1. The molecule has 0 aromatic heterocycles. The summed E-state index contributed by atoms with van der Waals surface area (Å²) in [6, 6.07) is 2.59. The zero-order chi connectivity index (χ0) is 14.3. The normalized spacial score (nSPS) is 10.4. The van der Waals surface area contributed by atoms with E-state index in [0.29, 0.717) is 12.2 Å². The zero-order valence-corrected chi connectivity index (χ0v) is 11.7. The van der Waals surface area contributed by atoms with Crippen molar-refractivity contribution in [3.05, 3.63) is 23.5 Å². The van der Waals surface area contributed by atoms with Crippen molar-refractivity contribution in [3.8, 4) is 0 Å². The number of rotatable bonds is 8. The van der Waals surface area contributed by atoms with Crippen molar-refractivity contribution in [2.45, 2.75) is 19.3 Å². The summed E-state index contributed by atoms with van der Waals surface area (Å²) in [6.07, 6.45) is 5.22. The Balaban J connectivity index is 2.58. The Bertz CT molecular complexity index is 441. The number of carboxylic acids is 1. The van der Waals surface area contributed by atoms with Crippen LogP contribution < -0.4 is 11.1 Å². The van der Waals surface area contributed by atoms with E-state index < -0.39 is 11.8 Å². The molecule has 1 aromatic carbocycles. The maximum atomic E-state index is 13.2. The summed E-state index contributed by atoms with van der Waals surface area (Å²) < 4.78 is 13.2. The fourth-order valence-corrected chi connectivity index (χ4v) is 2.24. The number of hydrogen-bond acceptors (Lipinski definition) is 4. The summed E-state index contributed by atoms with van der Waals surface area (Å²) >= 11 is 1.81. The highest BCUT2D eigenvalue weighted by molar-refractivity contribution is 7.98. The molecule has 0 fully saturated rings. The van der Waals surface area contributed by atoms with Gasteiger partial charge in [-0.3, -0.25) is 0 Å². The lowest BCUT2D eigenvalue weighted by Gasteiger charge is -2.11. The van der Waals surface area contributed by atoms with E-state index in [0.717, 1.165) is 25.0 Å². The van der Waals surface area contributed by atoms with E-state index in [1.807, 2.05) is 11.8 Å². The number of nitrogens with one attached hydrogen (secondary N) is 1. The van der Waals surface area contributed by atoms with Crippen LogP contribution in [0.2, 0.25) is 0 Å². The first-order valence-corrected chi connectivity index (χ1v) is 7.51. The van der Waals surface area contributed by atoms with Gasteiger partial charge in [0.15, 0.2) is 0 Å². The number of carboxylic acid groups (broad SMARTS) is 1. The SMILES string of the molecule is CSCCCCCNc1ccc(F)c(N)c1C(=O)O. The molecule has 4 N–H and O–H groups in total. The third-order valence-electron chi connectivity index (χ3n) is 2.75. The highest BCUT2D eigenvalue weighted by Crippen LogP contribution is 2.25. The van der Waals surface area contributed by atoms with Gasteiger partial charge in [-0.15, -0.1) is 0 Å². The van der Waals surface area contributed by atoms with Crippen LogP contribution in [0.25, 0.3) is 0 Å². The predicted molar refractivity (Wildman–Crippen MR) is 78.5 cm³/mol. The van der Waals surface area contributed by atoms with E-state index in [2.05, 4.69) is 11.6 Å². The lowest BCUT2D eigenvalue weighted by molar-refractivity contribution is 0.0698. The number of nitrogen functional groups attached to an aromatic ring is 1. The van der Waals surface area contributed by atoms with E-state index in [1.165, 1.54) is 12.1 Å². The quantitative estimate of drug-likeness (QED) is 0.506. The van der Waals surface area contributed by atoms with Gasteiger partial charge in [0.2, 0.25) is 0 Å². The third-order valence-corrected chi connectivity index (χ3v) is 3.44. The molecule has 0 radical (unpaired) electrons. The number of benzene rings is 1. The van der Waals surface area contributed by atoms with Crippen LogP contribution in [0.15, 0.2) is 12.1 Å². The Hall–Kier alpha value is -1.43. The van der Waals surface area contributed by atoms with Crippen LogP contribution >= 0.6 is 11.8 Å². The number of hydrogen-bond donors (Lipinski definition) is 3. The minimum absolute atomic E-state index is 0.191. The second-order valence-electron chi connectivity index (χ2n) is 4.17. The fraction of sp³-hybridized carbons (Fsp3) is 0.462. The number of thioether (sulfide) groups is 1. The standard InChI is InChI=1S/C13H19FN2O2S/c1-19-8-4-2-3-7-16-10-6-5-9(14)12(15)11(10)13(17)18/h5-6,16H,2-4,7-8,15H2,1H3,(H,17,18). The maximum Gasteiger partial charge on any atom is 0.340 e. The molecule has 0 saturated carbocycles. The molecule has 106 valence electrons. The van der Waals surface area contributed by atoms with Gasteiger partial charge in [-0.05, 0) is 37.0 Å². The highest BCUT2D eigenvalue weighted by atomic mass is 32.2. The smallest absolute Gasteiger partial charge is 0.340 e. The fourth-order valence-electron chi connectivity index (χ4n) is 1.74. The van der Waals surface area contributed by atoms with Crippen LogP contribution in [0, 0.1) is 5.82 Å². The topological polar surface area (TPSA) is 75.3 Å². The first-order chi connectivity index (χ1) is 9.07. The van der Waals surface area contributed by atoms with Crippen LogP contribution in [0.3, 0.4) is 0 Å². The molecule has 0 aliphatic heterocycles. The van der Waals surface area contributed by atoms with Crippen molar-refractivity contribution in [3.63, 3.8) is 0 Å². The number of halogens is 1. The Morgan fingerprint density at radius 1 is 1.42 bits per heavy atom. The average Bonchev–Trinajstić information content (AvgIpc) is 2.37. The molecule has 0 unspecified atom stereocenters. The molecule has 0 bridgehead atoms. The molecule has 19 heavy (non-hydrogen) atoms. The van der Waals surface area contributed by atoms with E-state index >= 15 is 0 Å². The first-order valence-electron chi connectivity index (χ1n) is 6.12. The molecule has 0 amide bonds. The van der Waals surface area contributed by atoms with Gasteiger partial charge >= 0.3 is 5.97 Å². The second kappa shape index (κ2) is 7.89. The molecule has 0 spiro atoms. The number of carbonyl (C=O) groups is 1. The van der Waals surface area contributed by atoms with E-state index in [4.69, 9.17) is 10.8 Å². The number of unbranched alkanes of at least 4 members (excludes halogenated alkanes) is 2. The number of aromatic carboxylic acids is 1. The van der Waals surface area contributed by atoms with Crippen LogP contribution in [0.1, 0.15) is 29.6 Å². The lowest BCUT2D eigenvalue weighted by Crippen LogP contribution is -2.11. The summed E-state index contributed by atoms with van der Waals surface area (Å²) in [5.41, 5.74) is 5.32. The van der Waals surface area contributed by atoms with Gasteiger partial charge in [0.05, 0.1) is 11.4 Å². The van der Waals surface area contributed by atoms with Crippen LogP contribution in [0.4, 0.5) is 15.8 Å². The van der Waals surface area contributed by atoms with Crippen LogP contribution in [-0.4, -0.2) is 29.6 Å². The highest BCUT2D eigenvalue weighted by Gasteiger charge is 2.16. The van der Waals surface area contributed by atoms with Gasteiger partial charge in [-0.1, -0.05) is 6.42 Å². The Labute approximate surface area is 116 Å². The van der Waals surface area contributed by atoms with E-state index in [9.17, 15) is 9.18 Å². The van der Waals surface area contributed by atoms with Gasteiger partial charge < -0.3 is 16.2 Å².